The van der Waals surface area contributed by atoms with Crippen molar-refractivity contribution in [3.05, 3.63) is 52.5 Å². The van der Waals surface area contributed by atoms with Crippen molar-refractivity contribution >= 4 is 26.8 Å². The van der Waals surface area contributed by atoms with Gasteiger partial charge < -0.3 is 15.5 Å². The van der Waals surface area contributed by atoms with Crippen molar-refractivity contribution in [2.75, 3.05) is 13.7 Å². The Bertz CT molecular complexity index is 810. The summed E-state index contributed by atoms with van der Waals surface area (Å²) < 4.78 is 6.49. The molecule has 3 aromatic rings. The van der Waals surface area contributed by atoms with Gasteiger partial charge in [-0.15, -0.1) is 0 Å². The van der Waals surface area contributed by atoms with Crippen molar-refractivity contribution in [2.24, 2.45) is 5.73 Å². The molecule has 1 heterocycles. The van der Waals surface area contributed by atoms with Crippen LogP contribution in [0.5, 0.6) is 5.75 Å². The maximum atomic E-state index is 5.66. The van der Waals surface area contributed by atoms with Crippen molar-refractivity contribution in [1.29, 1.82) is 0 Å². The Hall–Kier alpha value is -1.78. The maximum Gasteiger partial charge on any atom is 0.119 e. The van der Waals surface area contributed by atoms with Crippen molar-refractivity contribution in [1.82, 2.24) is 4.98 Å². The molecule has 4 heteroatoms. The number of hydrogen-bond acceptors (Lipinski definition) is 2. The number of aromatic nitrogens is 1. The molecule has 0 atom stereocenters. The summed E-state index contributed by atoms with van der Waals surface area (Å²) in [6.45, 7) is 0.732. The first-order chi connectivity index (χ1) is 11.2. The highest BCUT2D eigenvalue weighted by Gasteiger charge is 2.15. The Morgan fingerprint density at radius 2 is 1.96 bits per heavy atom. The molecule has 0 saturated carbocycles. The summed E-state index contributed by atoms with van der Waals surface area (Å²) in [4.78, 5) is 3.58. The Morgan fingerprint density at radius 3 is 2.70 bits per heavy atom. The number of hydrogen-bond donors (Lipinski definition) is 2. The molecule has 3 rings (SSSR count). The number of H-pyrrole nitrogens is 1. The zero-order chi connectivity index (χ0) is 16.2. The Morgan fingerprint density at radius 1 is 1.13 bits per heavy atom. The third-order valence-corrected chi connectivity index (χ3v) is 4.83. The highest BCUT2D eigenvalue weighted by Crippen LogP contribution is 2.36. The zero-order valence-electron chi connectivity index (χ0n) is 13.2. The average molecular weight is 373 g/mol. The number of benzene rings is 2. The van der Waals surface area contributed by atoms with E-state index in [2.05, 4.69) is 51.2 Å². The molecule has 3 N–H and O–H groups in total. The van der Waals surface area contributed by atoms with Gasteiger partial charge >= 0.3 is 0 Å². The van der Waals surface area contributed by atoms with Crippen molar-refractivity contribution in [3.63, 3.8) is 0 Å². The molecule has 0 spiro atoms. The Labute approximate surface area is 145 Å². The van der Waals surface area contributed by atoms with Crippen molar-refractivity contribution < 1.29 is 4.74 Å². The molecule has 3 nitrogen and oxygen atoms in total. The van der Waals surface area contributed by atoms with Gasteiger partial charge in [-0.1, -0.05) is 34.1 Å². The topological polar surface area (TPSA) is 51.0 Å². The second-order valence-electron chi connectivity index (χ2n) is 5.62. The van der Waals surface area contributed by atoms with E-state index in [-0.39, 0.29) is 0 Å². The molecular formula is C19H21BrN2O. The fourth-order valence-corrected chi connectivity index (χ4v) is 3.44. The molecule has 2 aromatic carbocycles. The second-order valence-corrected chi connectivity index (χ2v) is 6.47. The Balaban J connectivity index is 2.15. The molecule has 120 valence electrons. The van der Waals surface area contributed by atoms with Crippen LogP contribution in [0.25, 0.3) is 22.2 Å². The van der Waals surface area contributed by atoms with E-state index in [4.69, 9.17) is 10.5 Å². The maximum absolute atomic E-state index is 5.66. The van der Waals surface area contributed by atoms with Gasteiger partial charge in [-0.2, -0.15) is 0 Å². The van der Waals surface area contributed by atoms with E-state index in [0.717, 1.165) is 41.5 Å². The van der Waals surface area contributed by atoms with E-state index in [9.17, 15) is 0 Å². The molecule has 0 aliphatic carbocycles. The summed E-state index contributed by atoms with van der Waals surface area (Å²) in [7, 11) is 1.70. The number of halogens is 1. The lowest BCUT2D eigenvalue weighted by Crippen LogP contribution is -1.99. The number of ether oxygens (including phenoxy) is 1. The normalized spacial score (nSPS) is 11.1. The van der Waals surface area contributed by atoms with Crippen LogP contribution in [-0.4, -0.2) is 18.6 Å². The van der Waals surface area contributed by atoms with Gasteiger partial charge in [0.15, 0.2) is 0 Å². The van der Waals surface area contributed by atoms with Gasteiger partial charge in [0.1, 0.15) is 5.75 Å². The zero-order valence-corrected chi connectivity index (χ0v) is 14.8. The van der Waals surface area contributed by atoms with Gasteiger partial charge in [0, 0.05) is 20.9 Å². The van der Waals surface area contributed by atoms with Gasteiger partial charge in [-0.3, -0.25) is 0 Å². The van der Waals surface area contributed by atoms with E-state index in [0.29, 0.717) is 0 Å². The van der Waals surface area contributed by atoms with Crippen LogP contribution in [0.3, 0.4) is 0 Å². The predicted octanol–water partition coefficient (Wildman–Crippen LogP) is 4.89. The molecule has 0 bridgehead atoms. The van der Waals surface area contributed by atoms with Crippen LogP contribution >= 0.6 is 15.9 Å². The number of fused-ring (bicyclic) bond motifs is 1. The van der Waals surface area contributed by atoms with Gasteiger partial charge in [-0.05, 0) is 55.6 Å². The van der Waals surface area contributed by atoms with E-state index in [1.54, 1.807) is 7.11 Å². The lowest BCUT2D eigenvalue weighted by Gasteiger charge is -2.07. The van der Waals surface area contributed by atoms with Crippen LogP contribution in [0.2, 0.25) is 0 Å². The third-order valence-electron chi connectivity index (χ3n) is 4.14. The largest absolute Gasteiger partial charge is 0.497 e. The molecule has 0 aliphatic heterocycles. The minimum absolute atomic E-state index is 0.732. The summed E-state index contributed by atoms with van der Waals surface area (Å²) >= 11 is 3.67. The molecule has 0 fully saturated rings. The molecule has 0 amide bonds. The highest BCUT2D eigenvalue weighted by molar-refractivity contribution is 9.10. The van der Waals surface area contributed by atoms with Crippen LogP contribution in [-0.2, 0) is 6.42 Å². The first kappa shape index (κ1) is 16.1. The Kier molecular flexibility index (Phi) is 5.03. The molecule has 1 aromatic heterocycles. The minimum Gasteiger partial charge on any atom is -0.497 e. The fourth-order valence-electron chi connectivity index (χ4n) is 2.95. The third kappa shape index (κ3) is 3.28. The van der Waals surface area contributed by atoms with E-state index >= 15 is 0 Å². The number of unbranched alkanes of at least 4 members (excludes halogenated alkanes) is 1. The molecule has 23 heavy (non-hydrogen) atoms. The molecule has 0 unspecified atom stereocenters. The summed E-state index contributed by atoms with van der Waals surface area (Å²) in [6.07, 6.45) is 3.12. The fraction of sp³-hybridized carbons (Fsp3) is 0.263. The second kappa shape index (κ2) is 7.20. The average Bonchev–Trinajstić information content (AvgIpc) is 2.93. The van der Waals surface area contributed by atoms with Crippen LogP contribution in [0.1, 0.15) is 18.4 Å². The predicted molar refractivity (Wildman–Crippen MR) is 100.0 cm³/mol. The SMILES string of the molecule is COc1ccc2[nH]c(-c3ccccc3Br)c(CCCCN)c2c1. The molecular weight excluding hydrogens is 352 g/mol. The van der Waals surface area contributed by atoms with Crippen LogP contribution in [0, 0.1) is 0 Å². The number of methoxy groups -OCH3 is 1. The number of rotatable bonds is 6. The molecule has 0 aliphatic rings. The highest BCUT2D eigenvalue weighted by atomic mass is 79.9. The monoisotopic (exact) mass is 372 g/mol. The van der Waals surface area contributed by atoms with Crippen LogP contribution < -0.4 is 10.5 Å². The molecule has 0 radical (unpaired) electrons. The lowest BCUT2D eigenvalue weighted by atomic mass is 10.00. The van der Waals surface area contributed by atoms with E-state index in [1.165, 1.54) is 22.2 Å². The summed E-state index contributed by atoms with van der Waals surface area (Å²) in [5.74, 6) is 0.884. The van der Waals surface area contributed by atoms with Gasteiger partial charge in [0.25, 0.3) is 0 Å². The summed E-state index contributed by atoms with van der Waals surface area (Å²) in [5.41, 5.74) is 10.5. The van der Waals surface area contributed by atoms with Crippen molar-refractivity contribution in [3.8, 4) is 17.0 Å². The van der Waals surface area contributed by atoms with Crippen LogP contribution in [0.15, 0.2) is 46.9 Å². The molecule has 0 saturated heterocycles. The smallest absolute Gasteiger partial charge is 0.119 e. The summed E-state index contributed by atoms with van der Waals surface area (Å²) in [6, 6.07) is 14.5. The van der Waals surface area contributed by atoms with Gasteiger partial charge in [0.2, 0.25) is 0 Å². The first-order valence-electron chi connectivity index (χ1n) is 7.88. The first-order valence-corrected chi connectivity index (χ1v) is 8.67. The standard InChI is InChI=1S/C19H21BrN2O/c1-23-13-9-10-18-16(12-13)14(6-4-5-11-21)19(22-18)15-7-2-3-8-17(15)20/h2-3,7-10,12,22H,4-6,11,21H2,1H3. The van der Waals surface area contributed by atoms with E-state index in [1.807, 2.05) is 12.1 Å². The minimum atomic E-state index is 0.732. The van der Waals surface area contributed by atoms with E-state index < -0.39 is 0 Å². The van der Waals surface area contributed by atoms with Crippen LogP contribution in [0.4, 0.5) is 0 Å². The lowest BCUT2D eigenvalue weighted by molar-refractivity contribution is 0.415. The van der Waals surface area contributed by atoms with Gasteiger partial charge in [0.05, 0.1) is 12.8 Å². The summed E-state index contributed by atoms with van der Waals surface area (Å²) in [5, 5.41) is 1.23. The number of aromatic amines is 1. The number of nitrogens with one attached hydrogen (secondary N) is 1. The van der Waals surface area contributed by atoms with Crippen molar-refractivity contribution in [2.45, 2.75) is 19.3 Å². The van der Waals surface area contributed by atoms with Gasteiger partial charge in [-0.25, -0.2) is 0 Å². The quantitative estimate of drug-likeness (QED) is 0.605. The number of nitrogens with two attached hydrogens (primary N) is 1. The number of aryl methyl sites for hydroxylation is 1.